The van der Waals surface area contributed by atoms with Gasteiger partial charge in [0.25, 0.3) is 0 Å². The van der Waals surface area contributed by atoms with Gasteiger partial charge in [0, 0.05) is 11.4 Å². The van der Waals surface area contributed by atoms with Gasteiger partial charge in [-0.05, 0) is 6.07 Å². The van der Waals surface area contributed by atoms with Crippen LogP contribution in [0.25, 0.3) is 0 Å². The average molecular weight is 249 g/mol. The van der Waals surface area contributed by atoms with Gasteiger partial charge >= 0.3 is 6.18 Å². The number of pyridine rings is 1. The van der Waals surface area contributed by atoms with Gasteiger partial charge < -0.3 is 4.74 Å². The van der Waals surface area contributed by atoms with Crippen molar-refractivity contribution in [1.82, 2.24) is 4.98 Å². The summed E-state index contributed by atoms with van der Waals surface area (Å²) >= 11 is 0. The number of hydrogen-bond acceptors (Lipinski definition) is 2. The lowest BCUT2D eigenvalue weighted by molar-refractivity contribution is -0.137. The Morgan fingerprint density at radius 1 is 1.25 bits per heavy atom. The SMILES string of the molecule is COc1ncc(C(F)(F)F)cc1[Si](C)(C)C. The number of methoxy groups -OCH3 is 1. The van der Waals surface area contributed by atoms with Gasteiger partial charge in [-0.25, -0.2) is 4.98 Å². The highest BCUT2D eigenvalue weighted by Crippen LogP contribution is 2.29. The number of ether oxygens (including phenoxy) is 1. The van der Waals surface area contributed by atoms with Gasteiger partial charge in [-0.3, -0.25) is 0 Å². The molecule has 0 aliphatic carbocycles. The number of aromatic nitrogens is 1. The van der Waals surface area contributed by atoms with Gasteiger partial charge in [-0.2, -0.15) is 13.2 Å². The summed E-state index contributed by atoms with van der Waals surface area (Å²) < 4.78 is 42.6. The molecule has 0 bridgehead atoms. The summed E-state index contributed by atoms with van der Waals surface area (Å²) in [5, 5.41) is 0.588. The number of alkyl halides is 3. The van der Waals surface area contributed by atoms with Crippen molar-refractivity contribution in [3.8, 4) is 5.88 Å². The van der Waals surface area contributed by atoms with Gasteiger partial charge in [0.05, 0.1) is 20.7 Å². The molecule has 90 valence electrons. The smallest absolute Gasteiger partial charge is 0.417 e. The zero-order chi connectivity index (χ0) is 12.6. The van der Waals surface area contributed by atoms with Crippen LogP contribution in [0, 0.1) is 0 Å². The molecule has 0 unspecified atom stereocenters. The van der Waals surface area contributed by atoms with Crippen LogP contribution in [0.15, 0.2) is 12.3 Å². The molecule has 0 aliphatic heterocycles. The molecule has 0 spiro atoms. The summed E-state index contributed by atoms with van der Waals surface area (Å²) in [5.74, 6) is 0.298. The normalized spacial score (nSPS) is 12.7. The van der Waals surface area contributed by atoms with Crippen LogP contribution >= 0.6 is 0 Å². The Labute approximate surface area is 93.5 Å². The van der Waals surface area contributed by atoms with E-state index in [0.717, 1.165) is 12.3 Å². The number of hydrogen-bond donors (Lipinski definition) is 0. The fourth-order valence-corrected chi connectivity index (χ4v) is 2.70. The highest BCUT2D eigenvalue weighted by molar-refractivity contribution is 6.89. The maximum Gasteiger partial charge on any atom is 0.417 e. The van der Waals surface area contributed by atoms with Crippen LogP contribution in [0.4, 0.5) is 13.2 Å². The second kappa shape index (κ2) is 4.08. The summed E-state index contributed by atoms with van der Waals surface area (Å²) in [6.45, 7) is 5.85. The second-order valence-electron chi connectivity index (χ2n) is 4.53. The average Bonchev–Trinajstić information content (AvgIpc) is 2.14. The molecule has 0 aliphatic rings. The number of nitrogens with zero attached hydrogens (tertiary/aromatic N) is 1. The standard InChI is InChI=1S/C10H14F3NOSi/c1-15-9-8(16(2,3)4)5-7(6-14-9)10(11,12)13/h5-6H,1-4H3. The molecule has 0 fully saturated rings. The van der Waals surface area contributed by atoms with E-state index in [1.54, 1.807) is 0 Å². The van der Waals surface area contributed by atoms with Gasteiger partial charge in [0.1, 0.15) is 0 Å². The first-order valence-electron chi connectivity index (χ1n) is 4.78. The third-order valence-corrected chi connectivity index (χ3v) is 4.15. The lowest BCUT2D eigenvalue weighted by Crippen LogP contribution is -2.39. The molecule has 1 rings (SSSR count). The summed E-state index contributed by atoms with van der Waals surface area (Å²) in [7, 11) is -0.481. The second-order valence-corrected chi connectivity index (χ2v) is 9.57. The van der Waals surface area contributed by atoms with Crippen LogP contribution in [-0.4, -0.2) is 20.2 Å². The van der Waals surface area contributed by atoms with E-state index in [1.807, 2.05) is 19.6 Å². The minimum Gasteiger partial charge on any atom is -0.481 e. The topological polar surface area (TPSA) is 22.1 Å². The minimum atomic E-state index is -4.35. The molecule has 0 saturated carbocycles. The van der Waals surface area contributed by atoms with Crippen LogP contribution in [0.5, 0.6) is 5.88 Å². The zero-order valence-electron chi connectivity index (χ0n) is 9.64. The number of halogens is 3. The minimum absolute atomic E-state index is 0.298. The molecule has 6 heteroatoms. The lowest BCUT2D eigenvalue weighted by atomic mass is 10.3. The molecule has 0 amide bonds. The van der Waals surface area contributed by atoms with Crippen LogP contribution in [0.3, 0.4) is 0 Å². The molecule has 0 N–H and O–H groups in total. The van der Waals surface area contributed by atoms with E-state index in [9.17, 15) is 13.2 Å². The first-order valence-corrected chi connectivity index (χ1v) is 8.28. The predicted molar refractivity (Wildman–Crippen MR) is 58.8 cm³/mol. The zero-order valence-corrected chi connectivity index (χ0v) is 10.6. The summed E-state index contributed by atoms with van der Waals surface area (Å²) in [6.07, 6.45) is -3.55. The van der Waals surface area contributed by atoms with Gasteiger partial charge in [-0.15, -0.1) is 0 Å². The number of rotatable bonds is 2. The van der Waals surface area contributed by atoms with Crippen molar-refractivity contribution in [3.05, 3.63) is 17.8 Å². The van der Waals surface area contributed by atoms with Gasteiger partial charge in [0.15, 0.2) is 0 Å². The molecule has 2 nitrogen and oxygen atoms in total. The first-order chi connectivity index (χ1) is 7.16. The molecule has 0 aromatic carbocycles. The van der Waals surface area contributed by atoms with E-state index in [0.29, 0.717) is 11.1 Å². The molecule has 16 heavy (non-hydrogen) atoms. The molecule has 0 saturated heterocycles. The Bertz CT molecular complexity index is 385. The van der Waals surface area contributed by atoms with Crippen molar-refractivity contribution >= 4 is 13.3 Å². The highest BCUT2D eigenvalue weighted by Gasteiger charge is 2.33. The van der Waals surface area contributed by atoms with Crippen molar-refractivity contribution in [2.75, 3.05) is 7.11 Å². The van der Waals surface area contributed by atoms with E-state index >= 15 is 0 Å². The molecular formula is C10H14F3NOSi. The van der Waals surface area contributed by atoms with Crippen LogP contribution < -0.4 is 9.92 Å². The van der Waals surface area contributed by atoms with Crippen LogP contribution in [0.1, 0.15) is 5.56 Å². The largest absolute Gasteiger partial charge is 0.481 e. The van der Waals surface area contributed by atoms with Crippen LogP contribution in [-0.2, 0) is 6.18 Å². The maximum atomic E-state index is 12.5. The first kappa shape index (κ1) is 13.0. The van der Waals surface area contributed by atoms with Crippen LogP contribution in [0.2, 0.25) is 19.6 Å². The van der Waals surface area contributed by atoms with Crippen molar-refractivity contribution in [3.63, 3.8) is 0 Å². The van der Waals surface area contributed by atoms with E-state index in [-0.39, 0.29) is 0 Å². The van der Waals surface area contributed by atoms with Crippen molar-refractivity contribution in [2.24, 2.45) is 0 Å². The summed E-state index contributed by atoms with van der Waals surface area (Å²) in [6, 6.07) is 1.15. The van der Waals surface area contributed by atoms with Crippen molar-refractivity contribution < 1.29 is 17.9 Å². The highest BCUT2D eigenvalue weighted by atomic mass is 28.3. The lowest BCUT2D eigenvalue weighted by Gasteiger charge is -2.20. The van der Waals surface area contributed by atoms with Crippen molar-refractivity contribution in [1.29, 1.82) is 0 Å². The third-order valence-electron chi connectivity index (χ3n) is 2.18. The molecular weight excluding hydrogens is 235 g/mol. The summed E-state index contributed by atoms with van der Waals surface area (Å²) in [4.78, 5) is 3.72. The quantitative estimate of drug-likeness (QED) is 0.752. The monoisotopic (exact) mass is 249 g/mol. The Morgan fingerprint density at radius 3 is 2.19 bits per heavy atom. The third kappa shape index (κ3) is 2.75. The Balaban J connectivity index is 3.34. The molecule has 1 aromatic heterocycles. The van der Waals surface area contributed by atoms with Gasteiger partial charge in [0.2, 0.25) is 5.88 Å². The fourth-order valence-electron chi connectivity index (χ4n) is 1.31. The Morgan fingerprint density at radius 2 is 1.81 bits per heavy atom. The fraction of sp³-hybridized carbons (Fsp3) is 0.500. The van der Waals surface area contributed by atoms with E-state index in [4.69, 9.17) is 4.74 Å². The molecule has 0 radical (unpaired) electrons. The van der Waals surface area contributed by atoms with E-state index in [1.165, 1.54) is 7.11 Å². The van der Waals surface area contributed by atoms with E-state index < -0.39 is 19.8 Å². The van der Waals surface area contributed by atoms with E-state index in [2.05, 4.69) is 4.98 Å². The maximum absolute atomic E-state index is 12.5. The summed E-state index contributed by atoms with van der Waals surface area (Å²) in [5.41, 5.74) is -0.717. The van der Waals surface area contributed by atoms with Gasteiger partial charge in [-0.1, -0.05) is 19.6 Å². The Kier molecular flexibility index (Phi) is 3.32. The predicted octanol–water partition coefficient (Wildman–Crippen LogP) is 2.65. The Hall–Kier alpha value is -1.04. The molecule has 1 heterocycles. The molecule has 0 atom stereocenters. The molecule has 1 aromatic rings. The van der Waals surface area contributed by atoms with Crippen molar-refractivity contribution in [2.45, 2.75) is 25.8 Å².